The molecule has 1 aromatic rings. The second-order valence-electron chi connectivity index (χ2n) is 4.72. The minimum atomic E-state index is -0.777. The molecule has 0 saturated heterocycles. The molecule has 10 nitrogen and oxygen atoms in total. The van der Waals surface area contributed by atoms with Crippen molar-refractivity contribution >= 4 is 68.2 Å². The molecule has 138 valence electrons. The van der Waals surface area contributed by atoms with Crippen LogP contribution in [0.5, 0.6) is 0 Å². The van der Waals surface area contributed by atoms with Gasteiger partial charge in [0.1, 0.15) is 5.69 Å². The number of nitrogens with zero attached hydrogens (tertiary/aromatic N) is 3. The third-order valence-corrected chi connectivity index (χ3v) is 4.11. The van der Waals surface area contributed by atoms with Gasteiger partial charge in [0.15, 0.2) is 0 Å². The molecular formula is C13H16I2N4O6. The van der Waals surface area contributed by atoms with Crippen molar-refractivity contribution in [2.75, 3.05) is 40.0 Å². The van der Waals surface area contributed by atoms with Gasteiger partial charge in [-0.25, -0.2) is 0 Å². The molecule has 0 heterocycles. The number of aliphatic hydroxyl groups excluding tert-OH is 1. The zero-order valence-electron chi connectivity index (χ0n) is 13.0. The van der Waals surface area contributed by atoms with Crippen molar-refractivity contribution in [3.05, 3.63) is 37.9 Å². The Morgan fingerprint density at radius 1 is 1.16 bits per heavy atom. The normalized spacial score (nSPS) is 10.4. The van der Waals surface area contributed by atoms with Crippen molar-refractivity contribution in [2.24, 2.45) is 0 Å². The Bertz CT molecular complexity index is 652. The molecule has 1 aromatic carbocycles. The number of anilines is 1. The standard InChI is InChI=1S/C13H16I2N4O6/c14-1-4-17(5-2-15)12-10(13(21)16-3-6-20)7-9(18(22)23)8-11(12)19(24)25/h7-8,20H,1-6H2,(H,16,21). The van der Waals surface area contributed by atoms with Gasteiger partial charge in [-0.2, -0.15) is 0 Å². The zero-order valence-corrected chi connectivity index (χ0v) is 17.3. The maximum absolute atomic E-state index is 12.4. The molecule has 1 amide bonds. The minimum absolute atomic E-state index is 0.0550. The maximum Gasteiger partial charge on any atom is 0.300 e. The number of hydrogen-bond donors (Lipinski definition) is 2. The maximum atomic E-state index is 12.4. The lowest BCUT2D eigenvalue weighted by molar-refractivity contribution is -0.393. The zero-order chi connectivity index (χ0) is 19.0. The molecule has 0 spiro atoms. The Balaban J connectivity index is 3.63. The summed E-state index contributed by atoms with van der Waals surface area (Å²) in [7, 11) is 0. The fraction of sp³-hybridized carbons (Fsp3) is 0.462. The highest BCUT2D eigenvalue weighted by Gasteiger charge is 2.30. The summed E-state index contributed by atoms with van der Waals surface area (Å²) in [5.74, 6) is -0.706. The Labute approximate surface area is 170 Å². The van der Waals surface area contributed by atoms with E-state index in [9.17, 15) is 25.0 Å². The lowest BCUT2D eigenvalue weighted by Gasteiger charge is -2.25. The first-order chi connectivity index (χ1) is 11.9. The number of carbonyl (C=O) groups is 1. The van der Waals surface area contributed by atoms with Gasteiger partial charge in [-0.05, 0) is 0 Å². The molecule has 12 heteroatoms. The first-order valence-corrected chi connectivity index (χ1v) is 10.1. The van der Waals surface area contributed by atoms with Gasteiger partial charge in [-0.1, -0.05) is 45.2 Å². The van der Waals surface area contributed by atoms with Crippen molar-refractivity contribution in [1.29, 1.82) is 0 Å². The van der Waals surface area contributed by atoms with Crippen molar-refractivity contribution in [2.45, 2.75) is 0 Å². The highest BCUT2D eigenvalue weighted by molar-refractivity contribution is 14.1. The SMILES string of the molecule is O=C(NCCO)c1cc([N+](=O)[O-])cc([N+](=O)[O-])c1N(CCI)CCI. The molecule has 0 aliphatic rings. The molecule has 1 rings (SSSR count). The predicted molar refractivity (Wildman–Crippen MR) is 109 cm³/mol. The van der Waals surface area contributed by atoms with E-state index in [-0.39, 0.29) is 24.4 Å². The number of aliphatic hydroxyl groups is 1. The molecule has 0 aliphatic carbocycles. The highest BCUT2D eigenvalue weighted by atomic mass is 127. The van der Waals surface area contributed by atoms with Crippen LogP contribution < -0.4 is 10.2 Å². The number of nitrogens with one attached hydrogen (secondary N) is 1. The van der Waals surface area contributed by atoms with E-state index < -0.39 is 27.1 Å². The van der Waals surface area contributed by atoms with Crippen LogP contribution in [0, 0.1) is 20.2 Å². The van der Waals surface area contributed by atoms with Gasteiger partial charge >= 0.3 is 0 Å². The second-order valence-corrected chi connectivity index (χ2v) is 6.88. The van der Waals surface area contributed by atoms with Crippen LogP contribution in [-0.2, 0) is 0 Å². The topological polar surface area (TPSA) is 139 Å². The third-order valence-electron chi connectivity index (χ3n) is 3.15. The van der Waals surface area contributed by atoms with E-state index in [1.165, 1.54) is 0 Å². The van der Waals surface area contributed by atoms with Gasteiger partial charge in [-0.3, -0.25) is 25.0 Å². The monoisotopic (exact) mass is 578 g/mol. The first kappa shape index (κ1) is 21.8. The summed E-state index contributed by atoms with van der Waals surface area (Å²) in [5, 5.41) is 33.8. The molecule has 2 N–H and O–H groups in total. The van der Waals surface area contributed by atoms with E-state index in [4.69, 9.17) is 5.11 Å². The second kappa shape index (κ2) is 10.6. The van der Waals surface area contributed by atoms with Crippen LogP contribution in [0.1, 0.15) is 10.4 Å². The molecule has 0 radical (unpaired) electrons. The van der Waals surface area contributed by atoms with E-state index in [1.54, 1.807) is 4.90 Å². The van der Waals surface area contributed by atoms with Crippen LogP contribution in [0.3, 0.4) is 0 Å². The van der Waals surface area contributed by atoms with Gasteiger partial charge in [0.2, 0.25) is 0 Å². The van der Waals surface area contributed by atoms with E-state index in [1.807, 2.05) is 0 Å². The average Bonchev–Trinajstić information content (AvgIpc) is 2.58. The Kier molecular flexibility index (Phi) is 9.26. The summed E-state index contributed by atoms with van der Waals surface area (Å²) in [5.41, 5.74) is -1.12. The third kappa shape index (κ3) is 5.88. The van der Waals surface area contributed by atoms with E-state index >= 15 is 0 Å². The lowest BCUT2D eigenvalue weighted by Crippen LogP contribution is -2.33. The average molecular weight is 578 g/mol. The predicted octanol–water partition coefficient (Wildman–Crippen LogP) is 1.90. The number of hydrogen-bond acceptors (Lipinski definition) is 7. The summed E-state index contributed by atoms with van der Waals surface area (Å²) >= 11 is 4.22. The molecule has 0 aromatic heterocycles. The molecule has 0 bridgehead atoms. The van der Waals surface area contributed by atoms with Crippen LogP contribution >= 0.6 is 45.2 Å². The number of rotatable bonds is 10. The Morgan fingerprint density at radius 3 is 2.20 bits per heavy atom. The molecule has 0 atom stereocenters. The van der Waals surface area contributed by atoms with Gasteiger partial charge in [0.25, 0.3) is 17.3 Å². The highest BCUT2D eigenvalue weighted by Crippen LogP contribution is 2.36. The van der Waals surface area contributed by atoms with Crippen LogP contribution in [0.15, 0.2) is 12.1 Å². The summed E-state index contributed by atoms with van der Waals surface area (Å²) in [6, 6.07) is 1.90. The molecule has 0 aliphatic heterocycles. The number of nitro benzene ring substituents is 2. The largest absolute Gasteiger partial charge is 0.395 e. The van der Waals surface area contributed by atoms with E-state index in [0.29, 0.717) is 21.9 Å². The number of amides is 1. The van der Waals surface area contributed by atoms with Gasteiger partial charge in [0, 0.05) is 34.6 Å². The quantitative estimate of drug-likeness (QED) is 0.187. The van der Waals surface area contributed by atoms with Gasteiger partial charge < -0.3 is 15.3 Å². The molecule has 0 fully saturated rings. The number of halogens is 2. The van der Waals surface area contributed by atoms with Crippen LogP contribution in [0.4, 0.5) is 17.1 Å². The number of benzene rings is 1. The van der Waals surface area contributed by atoms with Gasteiger partial charge in [0.05, 0.1) is 28.1 Å². The van der Waals surface area contributed by atoms with Crippen molar-refractivity contribution in [3.63, 3.8) is 0 Å². The fourth-order valence-electron chi connectivity index (χ4n) is 2.16. The number of alkyl halides is 2. The summed E-state index contributed by atoms with van der Waals surface area (Å²) in [6.45, 7) is 0.516. The minimum Gasteiger partial charge on any atom is -0.395 e. The summed E-state index contributed by atoms with van der Waals surface area (Å²) in [6.07, 6.45) is 0. The van der Waals surface area contributed by atoms with Crippen LogP contribution in [-0.4, -0.2) is 56.0 Å². The van der Waals surface area contributed by atoms with Crippen LogP contribution in [0.2, 0.25) is 0 Å². The van der Waals surface area contributed by atoms with Gasteiger partial charge in [-0.15, -0.1) is 0 Å². The smallest absolute Gasteiger partial charge is 0.300 e. The fourth-order valence-corrected chi connectivity index (χ4v) is 3.32. The summed E-state index contributed by atoms with van der Waals surface area (Å²) in [4.78, 5) is 35.1. The molecule has 0 unspecified atom stereocenters. The van der Waals surface area contributed by atoms with E-state index in [0.717, 1.165) is 12.1 Å². The molecule has 25 heavy (non-hydrogen) atoms. The van der Waals surface area contributed by atoms with Crippen molar-refractivity contribution in [3.8, 4) is 0 Å². The number of nitro groups is 2. The number of carbonyl (C=O) groups excluding carboxylic acids is 1. The van der Waals surface area contributed by atoms with E-state index in [2.05, 4.69) is 50.5 Å². The molecule has 0 saturated carbocycles. The van der Waals surface area contributed by atoms with Crippen molar-refractivity contribution in [1.82, 2.24) is 5.32 Å². The lowest BCUT2D eigenvalue weighted by atomic mass is 10.1. The molecular weight excluding hydrogens is 562 g/mol. The van der Waals surface area contributed by atoms with Crippen LogP contribution in [0.25, 0.3) is 0 Å². The van der Waals surface area contributed by atoms with Crippen molar-refractivity contribution < 1.29 is 19.7 Å². The number of non-ortho nitro benzene ring substituents is 1. The Hall–Kier alpha value is -1.29. The first-order valence-electron chi connectivity index (χ1n) is 7.10. The Morgan fingerprint density at radius 2 is 1.76 bits per heavy atom. The summed E-state index contributed by atoms with van der Waals surface area (Å²) < 4.78 is 1.31.